The number of carbonyl (C=O) groups is 2. The van der Waals surface area contributed by atoms with Crippen LogP contribution in [0, 0.1) is 0 Å². The minimum atomic E-state index is -0.401. The highest BCUT2D eigenvalue weighted by Crippen LogP contribution is 2.35. The highest BCUT2D eigenvalue weighted by atomic mass is 16.2. The molecule has 1 unspecified atom stereocenters. The molecular formula is C21H22N4O2. The summed E-state index contributed by atoms with van der Waals surface area (Å²) >= 11 is 0. The minimum Gasteiger partial charge on any atom is -0.317 e. The van der Waals surface area contributed by atoms with Crippen molar-refractivity contribution in [2.45, 2.75) is 37.6 Å². The Bertz CT molecular complexity index is 1050. The number of carbonyl (C=O) groups excluding carboxylic acids is 2. The van der Waals surface area contributed by atoms with Crippen molar-refractivity contribution in [2.75, 3.05) is 13.1 Å². The van der Waals surface area contributed by atoms with Gasteiger partial charge in [0.1, 0.15) is 11.7 Å². The van der Waals surface area contributed by atoms with Gasteiger partial charge in [0.05, 0.1) is 5.52 Å². The largest absolute Gasteiger partial charge is 0.317 e. The molecule has 2 amide bonds. The van der Waals surface area contributed by atoms with E-state index in [1.54, 1.807) is 0 Å². The summed E-state index contributed by atoms with van der Waals surface area (Å²) in [4.78, 5) is 28.9. The van der Waals surface area contributed by atoms with E-state index in [0.29, 0.717) is 18.8 Å². The molecule has 138 valence electrons. The van der Waals surface area contributed by atoms with E-state index in [1.165, 1.54) is 5.56 Å². The quantitative estimate of drug-likeness (QED) is 0.687. The summed E-state index contributed by atoms with van der Waals surface area (Å²) in [5, 5.41) is 8.09. The molecule has 0 saturated carbocycles. The smallest absolute Gasteiger partial charge is 0.249 e. The third-order valence-corrected chi connectivity index (χ3v) is 5.90. The fourth-order valence-electron chi connectivity index (χ4n) is 4.51. The SMILES string of the molecule is O=C1CCC(n2c3ccccc3c3cc(C4CCNCC4)cnc32)C(=O)N1. The number of fused-ring (bicyclic) bond motifs is 3. The van der Waals surface area contributed by atoms with E-state index >= 15 is 0 Å². The van der Waals surface area contributed by atoms with Crippen LogP contribution in [0.2, 0.25) is 0 Å². The first-order chi connectivity index (χ1) is 13.2. The summed E-state index contributed by atoms with van der Waals surface area (Å²) < 4.78 is 2.01. The number of piperidine rings is 2. The van der Waals surface area contributed by atoms with E-state index in [0.717, 1.165) is 47.9 Å². The zero-order valence-electron chi connectivity index (χ0n) is 15.1. The molecule has 0 aliphatic carbocycles. The number of pyridine rings is 1. The Morgan fingerprint density at radius 1 is 1.04 bits per heavy atom. The lowest BCUT2D eigenvalue weighted by atomic mass is 9.91. The summed E-state index contributed by atoms with van der Waals surface area (Å²) in [6, 6.07) is 9.98. The van der Waals surface area contributed by atoms with Gasteiger partial charge in [0.2, 0.25) is 11.8 Å². The number of rotatable bonds is 2. The standard InChI is InChI=1S/C21H22N4O2/c26-19-6-5-18(21(27)24-19)25-17-4-2-1-3-15(17)16-11-14(12-23-20(16)25)13-7-9-22-10-8-13/h1-4,11-13,18,22H,5-10H2,(H,24,26,27). The van der Waals surface area contributed by atoms with Crippen LogP contribution in [0.15, 0.2) is 36.5 Å². The summed E-state index contributed by atoms with van der Waals surface area (Å²) in [5.74, 6) is 0.0946. The molecule has 6 heteroatoms. The third-order valence-electron chi connectivity index (χ3n) is 5.90. The summed E-state index contributed by atoms with van der Waals surface area (Å²) in [7, 11) is 0. The molecular weight excluding hydrogens is 340 g/mol. The van der Waals surface area contributed by atoms with Crippen molar-refractivity contribution >= 4 is 33.8 Å². The van der Waals surface area contributed by atoms with E-state index in [9.17, 15) is 9.59 Å². The molecule has 2 N–H and O–H groups in total. The van der Waals surface area contributed by atoms with Crippen LogP contribution in [0.1, 0.15) is 43.2 Å². The van der Waals surface area contributed by atoms with E-state index in [1.807, 2.05) is 29.0 Å². The van der Waals surface area contributed by atoms with Crippen molar-refractivity contribution < 1.29 is 9.59 Å². The van der Waals surface area contributed by atoms with Crippen LogP contribution in [0.4, 0.5) is 0 Å². The third kappa shape index (κ3) is 2.72. The van der Waals surface area contributed by atoms with Crippen molar-refractivity contribution in [3.05, 3.63) is 42.1 Å². The van der Waals surface area contributed by atoms with Crippen LogP contribution in [0.3, 0.4) is 0 Å². The molecule has 3 aromatic rings. The number of hydrogen-bond acceptors (Lipinski definition) is 4. The zero-order valence-corrected chi connectivity index (χ0v) is 15.1. The maximum absolute atomic E-state index is 12.5. The first-order valence-electron chi connectivity index (χ1n) is 9.65. The Kier molecular flexibility index (Phi) is 3.93. The number of nitrogens with zero attached hydrogens (tertiary/aromatic N) is 2. The number of para-hydroxylation sites is 1. The lowest BCUT2D eigenvalue weighted by Gasteiger charge is -2.24. The average molecular weight is 362 g/mol. The number of amides is 2. The second-order valence-corrected chi connectivity index (χ2v) is 7.52. The summed E-state index contributed by atoms with van der Waals surface area (Å²) in [5.41, 5.74) is 3.09. The lowest BCUT2D eigenvalue weighted by molar-refractivity contribution is -0.135. The van der Waals surface area contributed by atoms with Crippen LogP contribution < -0.4 is 10.6 Å². The van der Waals surface area contributed by atoms with Gasteiger partial charge in [-0.1, -0.05) is 18.2 Å². The Balaban J connectivity index is 1.68. The second kappa shape index (κ2) is 6.46. The highest BCUT2D eigenvalue weighted by Gasteiger charge is 2.31. The number of hydrogen-bond donors (Lipinski definition) is 2. The van der Waals surface area contributed by atoms with Gasteiger partial charge in [-0.25, -0.2) is 4.98 Å². The second-order valence-electron chi connectivity index (χ2n) is 7.52. The molecule has 0 spiro atoms. The normalized spacial score (nSPS) is 21.7. The Morgan fingerprint density at radius 3 is 2.67 bits per heavy atom. The maximum Gasteiger partial charge on any atom is 0.249 e. The Morgan fingerprint density at radius 2 is 1.85 bits per heavy atom. The van der Waals surface area contributed by atoms with Crippen LogP contribution in [0.25, 0.3) is 21.9 Å². The van der Waals surface area contributed by atoms with Crippen molar-refractivity contribution in [1.82, 2.24) is 20.2 Å². The van der Waals surface area contributed by atoms with Gasteiger partial charge in [-0.05, 0) is 56.0 Å². The van der Waals surface area contributed by atoms with Crippen LogP contribution in [0.5, 0.6) is 0 Å². The van der Waals surface area contributed by atoms with Gasteiger partial charge < -0.3 is 9.88 Å². The molecule has 2 saturated heterocycles. The summed E-state index contributed by atoms with van der Waals surface area (Å²) in [6.07, 6.45) is 5.09. The van der Waals surface area contributed by atoms with Gasteiger partial charge >= 0.3 is 0 Å². The molecule has 0 radical (unpaired) electrons. The molecule has 6 nitrogen and oxygen atoms in total. The van der Waals surface area contributed by atoms with E-state index in [4.69, 9.17) is 4.98 Å². The molecule has 1 atom stereocenters. The van der Waals surface area contributed by atoms with Crippen LogP contribution >= 0.6 is 0 Å². The predicted molar refractivity (Wildman–Crippen MR) is 104 cm³/mol. The first-order valence-corrected chi connectivity index (χ1v) is 9.65. The lowest BCUT2D eigenvalue weighted by Crippen LogP contribution is -2.41. The number of aromatic nitrogens is 2. The molecule has 2 aliphatic rings. The molecule has 2 aromatic heterocycles. The molecule has 5 rings (SSSR count). The maximum atomic E-state index is 12.5. The fraction of sp³-hybridized carbons (Fsp3) is 0.381. The topological polar surface area (TPSA) is 76.0 Å². The zero-order chi connectivity index (χ0) is 18.4. The van der Waals surface area contributed by atoms with Crippen molar-refractivity contribution in [1.29, 1.82) is 0 Å². The van der Waals surface area contributed by atoms with Crippen LogP contribution in [-0.2, 0) is 9.59 Å². The number of imide groups is 1. The van der Waals surface area contributed by atoms with Crippen LogP contribution in [-0.4, -0.2) is 34.5 Å². The van der Waals surface area contributed by atoms with Gasteiger partial charge in [0, 0.05) is 23.4 Å². The predicted octanol–water partition coefficient (Wildman–Crippen LogP) is 2.63. The van der Waals surface area contributed by atoms with Gasteiger partial charge in [-0.2, -0.15) is 0 Å². The van der Waals surface area contributed by atoms with E-state index in [2.05, 4.69) is 22.8 Å². The summed E-state index contributed by atoms with van der Waals surface area (Å²) in [6.45, 7) is 2.08. The van der Waals surface area contributed by atoms with Crippen molar-refractivity contribution in [3.8, 4) is 0 Å². The molecule has 0 bridgehead atoms. The Labute approximate surface area is 156 Å². The van der Waals surface area contributed by atoms with Crippen molar-refractivity contribution in [2.24, 2.45) is 0 Å². The molecule has 2 aliphatic heterocycles. The molecule has 27 heavy (non-hydrogen) atoms. The van der Waals surface area contributed by atoms with E-state index < -0.39 is 6.04 Å². The molecule has 2 fully saturated rings. The van der Waals surface area contributed by atoms with Gasteiger partial charge in [-0.15, -0.1) is 0 Å². The van der Waals surface area contributed by atoms with Crippen molar-refractivity contribution in [3.63, 3.8) is 0 Å². The van der Waals surface area contributed by atoms with Gasteiger partial charge in [0.15, 0.2) is 0 Å². The fourth-order valence-corrected chi connectivity index (χ4v) is 4.51. The average Bonchev–Trinajstić information content (AvgIpc) is 3.03. The van der Waals surface area contributed by atoms with Gasteiger partial charge in [-0.3, -0.25) is 14.9 Å². The first kappa shape index (κ1) is 16.4. The highest BCUT2D eigenvalue weighted by molar-refractivity contribution is 6.09. The monoisotopic (exact) mass is 362 g/mol. The molecule has 1 aromatic carbocycles. The van der Waals surface area contributed by atoms with E-state index in [-0.39, 0.29) is 11.8 Å². The molecule has 4 heterocycles. The van der Waals surface area contributed by atoms with Gasteiger partial charge in [0.25, 0.3) is 0 Å². The minimum absolute atomic E-state index is 0.196. The Hall–Kier alpha value is -2.73. The number of benzene rings is 1. The number of nitrogens with one attached hydrogen (secondary N) is 2.